The van der Waals surface area contributed by atoms with Crippen LogP contribution in [0.1, 0.15) is 44.9 Å². The number of amides is 1. The van der Waals surface area contributed by atoms with E-state index in [0.717, 1.165) is 16.1 Å². The van der Waals surface area contributed by atoms with E-state index in [1.807, 2.05) is 31.2 Å². The molecule has 1 N–H and O–H groups in total. The van der Waals surface area contributed by atoms with Crippen LogP contribution in [0.2, 0.25) is 0 Å². The molecule has 2 rings (SSSR count). The molecule has 0 radical (unpaired) electrons. The maximum Gasteiger partial charge on any atom is 0.241 e. The Kier molecular flexibility index (Phi) is 7.59. The van der Waals surface area contributed by atoms with Crippen LogP contribution in [0.4, 0.5) is 5.69 Å². The van der Waals surface area contributed by atoms with Gasteiger partial charge in [0.05, 0.1) is 32.2 Å². The van der Waals surface area contributed by atoms with Gasteiger partial charge < -0.3 is 14.8 Å². The van der Waals surface area contributed by atoms with Gasteiger partial charge in [-0.25, -0.2) is 8.42 Å². The largest absolute Gasteiger partial charge is 0.497 e. The highest BCUT2D eigenvalue weighted by Crippen LogP contribution is 2.33. The first kappa shape index (κ1) is 24.5. The van der Waals surface area contributed by atoms with Gasteiger partial charge in [0.1, 0.15) is 18.0 Å². The van der Waals surface area contributed by atoms with Gasteiger partial charge in [0.25, 0.3) is 0 Å². The molecule has 1 amide bonds. The maximum absolute atomic E-state index is 12.7. The van der Waals surface area contributed by atoms with E-state index in [0.29, 0.717) is 11.5 Å². The average Bonchev–Trinajstić information content (AvgIpc) is 2.70. The third kappa shape index (κ3) is 6.37. The van der Waals surface area contributed by atoms with E-state index in [1.165, 1.54) is 25.8 Å². The van der Waals surface area contributed by atoms with Crippen LogP contribution in [0.3, 0.4) is 0 Å². The summed E-state index contributed by atoms with van der Waals surface area (Å²) in [6, 6.07) is 12.5. The number of anilines is 1. The summed E-state index contributed by atoms with van der Waals surface area (Å²) in [5.74, 6) is 0.352. The van der Waals surface area contributed by atoms with Crippen molar-refractivity contribution in [2.24, 2.45) is 0 Å². The van der Waals surface area contributed by atoms with E-state index < -0.39 is 15.9 Å². The third-order valence-electron chi connectivity index (χ3n) is 5.00. The topological polar surface area (TPSA) is 84.9 Å². The Bertz CT molecular complexity index is 1010. The first-order valence-corrected chi connectivity index (χ1v) is 11.8. The van der Waals surface area contributed by atoms with E-state index in [9.17, 15) is 13.2 Å². The highest BCUT2D eigenvalue weighted by molar-refractivity contribution is 7.92. The molecule has 0 aliphatic rings. The van der Waals surface area contributed by atoms with E-state index in [4.69, 9.17) is 9.47 Å². The van der Waals surface area contributed by atoms with Crippen molar-refractivity contribution in [2.75, 3.05) is 31.3 Å². The fraction of sp³-hybridized carbons (Fsp3) is 0.435. The van der Waals surface area contributed by atoms with Crippen LogP contribution in [0.15, 0.2) is 42.5 Å². The van der Waals surface area contributed by atoms with Gasteiger partial charge in [-0.15, -0.1) is 0 Å². The van der Waals surface area contributed by atoms with Crippen molar-refractivity contribution in [3.63, 3.8) is 0 Å². The highest BCUT2D eigenvalue weighted by Gasteiger charge is 2.25. The van der Waals surface area contributed by atoms with Crippen LogP contribution in [0.5, 0.6) is 11.5 Å². The second-order valence-corrected chi connectivity index (χ2v) is 10.4. The van der Waals surface area contributed by atoms with E-state index >= 15 is 0 Å². The molecule has 7 nitrogen and oxygen atoms in total. The molecule has 2 aromatic rings. The first-order chi connectivity index (χ1) is 14.4. The average molecular weight is 449 g/mol. The fourth-order valence-corrected chi connectivity index (χ4v) is 4.00. The fourth-order valence-electron chi connectivity index (χ4n) is 3.15. The van der Waals surface area contributed by atoms with Gasteiger partial charge in [-0.05, 0) is 35.6 Å². The summed E-state index contributed by atoms with van der Waals surface area (Å²) in [5.41, 5.74) is 2.41. The van der Waals surface area contributed by atoms with Crippen molar-refractivity contribution >= 4 is 21.6 Å². The van der Waals surface area contributed by atoms with Gasteiger partial charge in [0.15, 0.2) is 0 Å². The predicted octanol–water partition coefficient (Wildman–Crippen LogP) is 3.64. The third-order valence-corrected chi connectivity index (χ3v) is 6.12. The molecule has 8 heteroatoms. The second kappa shape index (κ2) is 9.60. The molecule has 170 valence electrons. The molecule has 0 saturated heterocycles. The zero-order valence-corrected chi connectivity index (χ0v) is 20.0. The van der Waals surface area contributed by atoms with Crippen molar-refractivity contribution < 1.29 is 22.7 Å². The molecule has 0 aliphatic heterocycles. The molecule has 0 aliphatic carbocycles. The lowest BCUT2D eigenvalue weighted by Crippen LogP contribution is -2.41. The summed E-state index contributed by atoms with van der Waals surface area (Å²) in [5, 5.41) is 2.88. The minimum absolute atomic E-state index is 0.0385. The van der Waals surface area contributed by atoms with E-state index in [-0.39, 0.29) is 23.7 Å². The summed E-state index contributed by atoms with van der Waals surface area (Å²) in [6.45, 7) is 7.90. The molecule has 0 fully saturated rings. The molecular formula is C23H32N2O5S. The Morgan fingerprint density at radius 1 is 1.06 bits per heavy atom. The van der Waals surface area contributed by atoms with Gasteiger partial charge in [-0.1, -0.05) is 45.0 Å². The number of carbonyl (C=O) groups is 1. The van der Waals surface area contributed by atoms with Gasteiger partial charge in [0, 0.05) is 6.07 Å². The van der Waals surface area contributed by atoms with Crippen molar-refractivity contribution in [2.45, 2.75) is 39.2 Å². The quantitative estimate of drug-likeness (QED) is 0.666. The Balaban J connectivity index is 2.22. The molecule has 0 bridgehead atoms. The lowest BCUT2D eigenvalue weighted by atomic mass is 9.86. The van der Waals surface area contributed by atoms with Crippen LogP contribution in [0, 0.1) is 0 Å². The minimum atomic E-state index is -3.76. The number of nitrogens with zero attached hydrogens (tertiary/aromatic N) is 1. The van der Waals surface area contributed by atoms with Gasteiger partial charge in [-0.2, -0.15) is 0 Å². The lowest BCUT2D eigenvalue weighted by Gasteiger charge is -2.25. The number of ether oxygens (including phenoxy) is 2. The maximum atomic E-state index is 12.7. The Morgan fingerprint density at radius 3 is 2.16 bits per heavy atom. The number of sulfonamides is 1. The van der Waals surface area contributed by atoms with Crippen molar-refractivity contribution in [1.82, 2.24) is 5.32 Å². The SMILES string of the molecule is COc1ccc(OC)c(N(CC(=O)N[C@H](C)c2ccc(C(C)(C)C)cc2)S(C)(=O)=O)c1. The molecule has 31 heavy (non-hydrogen) atoms. The summed E-state index contributed by atoms with van der Waals surface area (Å²) in [7, 11) is -0.835. The van der Waals surface area contributed by atoms with Crippen LogP contribution in [-0.4, -0.2) is 41.3 Å². The van der Waals surface area contributed by atoms with Gasteiger partial charge in [0.2, 0.25) is 15.9 Å². The number of rotatable bonds is 8. The Labute approximate surface area is 185 Å². The molecular weight excluding hydrogens is 416 g/mol. The van der Waals surface area contributed by atoms with Crippen molar-refractivity contribution in [3.8, 4) is 11.5 Å². The molecule has 1 atom stereocenters. The zero-order valence-electron chi connectivity index (χ0n) is 19.2. The van der Waals surface area contributed by atoms with Gasteiger partial charge >= 0.3 is 0 Å². The molecule has 0 saturated carbocycles. The smallest absolute Gasteiger partial charge is 0.241 e. The highest BCUT2D eigenvalue weighted by atomic mass is 32.2. The Hall–Kier alpha value is -2.74. The van der Waals surface area contributed by atoms with Crippen molar-refractivity contribution in [3.05, 3.63) is 53.6 Å². The zero-order chi connectivity index (χ0) is 23.4. The monoisotopic (exact) mass is 448 g/mol. The number of benzene rings is 2. The van der Waals surface area contributed by atoms with Crippen LogP contribution in [0.25, 0.3) is 0 Å². The van der Waals surface area contributed by atoms with Crippen LogP contribution in [-0.2, 0) is 20.2 Å². The summed E-state index contributed by atoms with van der Waals surface area (Å²) < 4.78 is 36.5. The van der Waals surface area contributed by atoms with Crippen LogP contribution < -0.4 is 19.1 Å². The second-order valence-electron chi connectivity index (χ2n) is 8.47. The standard InChI is InChI=1S/C23H32N2O5S/c1-16(17-8-10-18(11-9-17)23(2,3)4)24-22(26)15-25(31(7,27)28)20-14-19(29-5)12-13-21(20)30-6/h8-14,16H,15H2,1-7H3,(H,24,26)/t16-/m1/s1. The summed E-state index contributed by atoms with van der Waals surface area (Å²) >= 11 is 0. The number of hydrogen-bond donors (Lipinski definition) is 1. The number of carbonyl (C=O) groups excluding carboxylic acids is 1. The van der Waals surface area contributed by atoms with Crippen LogP contribution >= 0.6 is 0 Å². The number of nitrogens with one attached hydrogen (secondary N) is 1. The molecule has 2 aromatic carbocycles. The number of methoxy groups -OCH3 is 2. The Morgan fingerprint density at radius 2 is 1.68 bits per heavy atom. The van der Waals surface area contributed by atoms with Gasteiger partial charge in [-0.3, -0.25) is 9.10 Å². The van der Waals surface area contributed by atoms with E-state index in [1.54, 1.807) is 12.1 Å². The minimum Gasteiger partial charge on any atom is -0.497 e. The summed E-state index contributed by atoms with van der Waals surface area (Å²) in [6.07, 6.45) is 1.05. The first-order valence-electron chi connectivity index (χ1n) is 9.96. The molecule has 0 unspecified atom stereocenters. The van der Waals surface area contributed by atoms with Crippen molar-refractivity contribution in [1.29, 1.82) is 0 Å². The molecule has 0 aromatic heterocycles. The lowest BCUT2D eigenvalue weighted by molar-refractivity contribution is -0.120. The number of hydrogen-bond acceptors (Lipinski definition) is 5. The van der Waals surface area contributed by atoms with E-state index in [2.05, 4.69) is 26.1 Å². The predicted molar refractivity (Wildman–Crippen MR) is 123 cm³/mol. The molecule has 0 heterocycles. The molecule has 0 spiro atoms. The normalized spacial score (nSPS) is 12.7. The summed E-state index contributed by atoms with van der Waals surface area (Å²) in [4.78, 5) is 12.7.